The summed E-state index contributed by atoms with van der Waals surface area (Å²) in [6.07, 6.45) is 3.20. The van der Waals surface area contributed by atoms with Gasteiger partial charge in [0.1, 0.15) is 0 Å². The maximum atomic E-state index is 12.4. The Bertz CT molecular complexity index is 674. The molecule has 0 radical (unpaired) electrons. The van der Waals surface area contributed by atoms with Crippen molar-refractivity contribution in [1.82, 2.24) is 10.2 Å². The number of hydrogen-bond acceptors (Lipinski definition) is 4. The van der Waals surface area contributed by atoms with Crippen LogP contribution in [-0.4, -0.2) is 50.6 Å². The number of piperidine rings is 1. The van der Waals surface area contributed by atoms with Gasteiger partial charge in [0.15, 0.2) is 11.5 Å². The van der Waals surface area contributed by atoms with Crippen molar-refractivity contribution in [1.29, 1.82) is 0 Å². The number of nitrogens with one attached hydrogen (secondary N) is 1. The number of ether oxygens (including phenoxy) is 2. The Morgan fingerprint density at radius 1 is 1.11 bits per heavy atom. The van der Waals surface area contributed by atoms with Crippen LogP contribution >= 0.6 is 0 Å². The van der Waals surface area contributed by atoms with Crippen molar-refractivity contribution >= 4 is 11.8 Å². The number of likely N-dealkylation sites (tertiary alicyclic amines) is 1. The average Bonchev–Trinajstić information content (AvgIpc) is 2.69. The number of benzene rings is 1. The third-order valence-electron chi connectivity index (χ3n) is 5.18. The van der Waals surface area contributed by atoms with E-state index in [4.69, 9.17) is 9.47 Å². The van der Waals surface area contributed by atoms with E-state index in [2.05, 4.69) is 5.32 Å². The molecule has 0 unspecified atom stereocenters. The summed E-state index contributed by atoms with van der Waals surface area (Å²) in [5, 5.41) is 3.05. The SMILES string of the molecule is COc1ccc(CCCNC(=O)C2CCN(C(=O)C(C)(C)C)CC2)cc1OC. The lowest BCUT2D eigenvalue weighted by molar-refractivity contribution is -0.142. The number of methoxy groups -OCH3 is 2. The molecule has 1 fully saturated rings. The van der Waals surface area contributed by atoms with Crippen molar-refractivity contribution in [2.75, 3.05) is 33.9 Å². The van der Waals surface area contributed by atoms with E-state index in [1.54, 1.807) is 14.2 Å². The van der Waals surface area contributed by atoms with Gasteiger partial charge in [-0.2, -0.15) is 0 Å². The molecule has 0 aliphatic carbocycles. The fourth-order valence-corrected chi connectivity index (χ4v) is 3.50. The van der Waals surface area contributed by atoms with Crippen molar-refractivity contribution in [3.8, 4) is 11.5 Å². The molecule has 0 atom stereocenters. The van der Waals surface area contributed by atoms with Gasteiger partial charge in [0.2, 0.25) is 11.8 Å². The second kappa shape index (κ2) is 9.80. The standard InChI is InChI=1S/C22H34N2O4/c1-22(2,3)21(26)24-13-10-17(11-14-24)20(25)23-12-6-7-16-8-9-18(27-4)19(15-16)28-5/h8-9,15,17H,6-7,10-14H2,1-5H3,(H,23,25). The first-order valence-corrected chi connectivity index (χ1v) is 10.0. The largest absolute Gasteiger partial charge is 0.493 e. The normalized spacial score (nSPS) is 15.2. The molecule has 0 bridgehead atoms. The van der Waals surface area contributed by atoms with Gasteiger partial charge in [-0.25, -0.2) is 0 Å². The maximum Gasteiger partial charge on any atom is 0.227 e. The van der Waals surface area contributed by atoms with Gasteiger partial charge in [-0.15, -0.1) is 0 Å². The summed E-state index contributed by atoms with van der Waals surface area (Å²) in [6, 6.07) is 5.90. The summed E-state index contributed by atoms with van der Waals surface area (Å²) >= 11 is 0. The van der Waals surface area contributed by atoms with E-state index in [9.17, 15) is 9.59 Å². The van der Waals surface area contributed by atoms with Crippen LogP contribution in [0.3, 0.4) is 0 Å². The van der Waals surface area contributed by atoms with Crippen LogP contribution in [0.2, 0.25) is 0 Å². The molecule has 1 N–H and O–H groups in total. The fourth-order valence-electron chi connectivity index (χ4n) is 3.50. The smallest absolute Gasteiger partial charge is 0.227 e. The van der Waals surface area contributed by atoms with Crippen LogP contribution in [0.4, 0.5) is 0 Å². The number of aryl methyl sites for hydroxylation is 1. The third kappa shape index (κ3) is 5.88. The Labute approximate surface area is 168 Å². The predicted molar refractivity (Wildman–Crippen MR) is 110 cm³/mol. The van der Waals surface area contributed by atoms with Crippen LogP contribution in [0.1, 0.15) is 45.6 Å². The van der Waals surface area contributed by atoms with E-state index in [-0.39, 0.29) is 23.1 Å². The Balaban J connectivity index is 1.72. The quantitative estimate of drug-likeness (QED) is 0.727. The Kier molecular flexibility index (Phi) is 7.72. The monoisotopic (exact) mass is 390 g/mol. The van der Waals surface area contributed by atoms with Crippen LogP contribution in [0.25, 0.3) is 0 Å². The van der Waals surface area contributed by atoms with Gasteiger partial charge in [0.25, 0.3) is 0 Å². The van der Waals surface area contributed by atoms with Gasteiger partial charge in [0, 0.05) is 31.0 Å². The molecular weight excluding hydrogens is 356 g/mol. The van der Waals surface area contributed by atoms with Crippen LogP contribution in [0, 0.1) is 11.3 Å². The molecule has 156 valence electrons. The molecule has 1 heterocycles. The molecule has 0 spiro atoms. The summed E-state index contributed by atoms with van der Waals surface area (Å²) in [5.41, 5.74) is 0.792. The zero-order valence-electron chi connectivity index (χ0n) is 17.8. The van der Waals surface area contributed by atoms with Crippen molar-refractivity contribution in [2.24, 2.45) is 11.3 Å². The molecule has 1 saturated heterocycles. The zero-order valence-corrected chi connectivity index (χ0v) is 17.8. The van der Waals surface area contributed by atoms with E-state index in [1.165, 1.54) is 0 Å². The lowest BCUT2D eigenvalue weighted by Crippen LogP contribution is -2.46. The summed E-state index contributed by atoms with van der Waals surface area (Å²) in [7, 11) is 3.25. The van der Waals surface area contributed by atoms with Crippen LogP contribution in [0.5, 0.6) is 11.5 Å². The van der Waals surface area contributed by atoms with E-state index < -0.39 is 0 Å². The van der Waals surface area contributed by atoms with Crippen LogP contribution < -0.4 is 14.8 Å². The van der Waals surface area contributed by atoms with E-state index >= 15 is 0 Å². The number of rotatable bonds is 7. The second-order valence-electron chi connectivity index (χ2n) is 8.40. The van der Waals surface area contributed by atoms with Gasteiger partial charge in [-0.1, -0.05) is 26.8 Å². The molecule has 2 amide bonds. The minimum Gasteiger partial charge on any atom is -0.493 e. The van der Waals surface area contributed by atoms with Crippen molar-refractivity contribution < 1.29 is 19.1 Å². The number of hydrogen-bond donors (Lipinski definition) is 1. The minimum absolute atomic E-state index is 0.00472. The highest BCUT2D eigenvalue weighted by Crippen LogP contribution is 2.28. The number of nitrogens with zero attached hydrogens (tertiary/aromatic N) is 1. The van der Waals surface area contributed by atoms with Gasteiger partial charge >= 0.3 is 0 Å². The molecule has 0 aromatic heterocycles. The summed E-state index contributed by atoms with van der Waals surface area (Å²) in [6.45, 7) is 7.79. The molecular formula is C22H34N2O4. The molecule has 6 nitrogen and oxygen atoms in total. The Hall–Kier alpha value is -2.24. The summed E-state index contributed by atoms with van der Waals surface area (Å²) < 4.78 is 10.6. The predicted octanol–water partition coefficient (Wildman–Crippen LogP) is 3.04. The highest BCUT2D eigenvalue weighted by Gasteiger charge is 2.32. The summed E-state index contributed by atoms with van der Waals surface area (Å²) in [5.74, 6) is 1.72. The van der Waals surface area contributed by atoms with Crippen LogP contribution in [0.15, 0.2) is 18.2 Å². The van der Waals surface area contributed by atoms with E-state index in [0.717, 1.165) is 42.7 Å². The lowest BCUT2D eigenvalue weighted by Gasteiger charge is -2.35. The van der Waals surface area contributed by atoms with Crippen molar-refractivity contribution in [3.63, 3.8) is 0 Å². The molecule has 1 aliphatic rings. The first-order valence-electron chi connectivity index (χ1n) is 10.0. The highest BCUT2D eigenvalue weighted by atomic mass is 16.5. The first-order chi connectivity index (χ1) is 13.3. The van der Waals surface area contributed by atoms with Gasteiger partial charge in [0.05, 0.1) is 14.2 Å². The highest BCUT2D eigenvalue weighted by molar-refractivity contribution is 5.82. The van der Waals surface area contributed by atoms with Gasteiger partial charge < -0.3 is 19.7 Å². The fraction of sp³-hybridized carbons (Fsp3) is 0.636. The molecule has 2 rings (SSSR count). The Morgan fingerprint density at radius 2 is 1.75 bits per heavy atom. The Morgan fingerprint density at radius 3 is 2.32 bits per heavy atom. The molecule has 28 heavy (non-hydrogen) atoms. The van der Waals surface area contributed by atoms with Gasteiger partial charge in [-0.3, -0.25) is 9.59 Å². The second-order valence-corrected chi connectivity index (χ2v) is 8.40. The van der Waals surface area contributed by atoms with Crippen LogP contribution in [-0.2, 0) is 16.0 Å². The number of carbonyl (C=O) groups excluding carboxylic acids is 2. The molecule has 1 aromatic carbocycles. The maximum absolute atomic E-state index is 12.4. The van der Waals surface area contributed by atoms with E-state index in [1.807, 2.05) is 43.9 Å². The third-order valence-corrected chi connectivity index (χ3v) is 5.18. The number of amides is 2. The molecule has 6 heteroatoms. The molecule has 1 aromatic rings. The average molecular weight is 391 g/mol. The summed E-state index contributed by atoms with van der Waals surface area (Å²) in [4.78, 5) is 26.6. The zero-order chi connectivity index (χ0) is 20.7. The topological polar surface area (TPSA) is 67.9 Å². The van der Waals surface area contributed by atoms with Crippen molar-refractivity contribution in [3.05, 3.63) is 23.8 Å². The van der Waals surface area contributed by atoms with Crippen molar-refractivity contribution in [2.45, 2.75) is 46.5 Å². The molecule has 1 aliphatic heterocycles. The first kappa shape index (κ1) is 22.1. The van der Waals surface area contributed by atoms with Gasteiger partial charge in [-0.05, 0) is 43.4 Å². The number of carbonyl (C=O) groups is 2. The lowest BCUT2D eigenvalue weighted by atomic mass is 9.90. The van der Waals surface area contributed by atoms with E-state index in [0.29, 0.717) is 19.6 Å². The minimum atomic E-state index is -0.362. The molecule has 0 saturated carbocycles.